The molecule has 0 amide bonds. The molecule has 0 aromatic carbocycles. The summed E-state index contributed by atoms with van der Waals surface area (Å²) in [5.41, 5.74) is 1.51. The van der Waals surface area contributed by atoms with Gasteiger partial charge in [0.15, 0.2) is 0 Å². The van der Waals surface area contributed by atoms with Gasteiger partial charge in [0.25, 0.3) is 0 Å². The Balaban J connectivity index is 1.70. The van der Waals surface area contributed by atoms with E-state index in [-0.39, 0.29) is 0 Å². The first-order chi connectivity index (χ1) is 9.31. The molecule has 0 bridgehead atoms. The Morgan fingerprint density at radius 3 is 3.00 bits per heavy atom. The summed E-state index contributed by atoms with van der Waals surface area (Å²) in [5, 5.41) is 12.4. The summed E-state index contributed by atoms with van der Waals surface area (Å²) in [6.45, 7) is 2.73. The van der Waals surface area contributed by atoms with E-state index in [2.05, 4.69) is 28.3 Å². The van der Waals surface area contributed by atoms with Crippen molar-refractivity contribution >= 4 is 0 Å². The third kappa shape index (κ3) is 4.02. The van der Waals surface area contributed by atoms with E-state index in [9.17, 15) is 0 Å². The first-order valence-corrected chi connectivity index (χ1v) is 7.06. The number of likely N-dealkylation sites (N-methyl/N-ethyl adjacent to an activating group) is 1. The van der Waals surface area contributed by atoms with E-state index in [1.807, 2.05) is 12.1 Å². The number of rotatable bonds is 6. The molecule has 1 aromatic rings. The van der Waals surface area contributed by atoms with Crippen LogP contribution in [-0.2, 0) is 6.54 Å². The molecule has 4 heteroatoms. The first-order valence-electron chi connectivity index (χ1n) is 7.06. The average molecular weight is 258 g/mol. The third-order valence-electron chi connectivity index (χ3n) is 3.90. The van der Waals surface area contributed by atoms with Gasteiger partial charge in [0.05, 0.1) is 0 Å². The van der Waals surface area contributed by atoms with Gasteiger partial charge in [0, 0.05) is 37.4 Å². The predicted octanol–water partition coefficient (Wildman–Crippen LogP) is 1.92. The molecular formula is C15H22N4. The van der Waals surface area contributed by atoms with E-state index in [0.29, 0.717) is 5.69 Å². The highest BCUT2D eigenvalue weighted by Crippen LogP contribution is 2.21. The van der Waals surface area contributed by atoms with Gasteiger partial charge in [0.1, 0.15) is 11.8 Å². The van der Waals surface area contributed by atoms with Crippen molar-refractivity contribution in [3.8, 4) is 6.07 Å². The van der Waals surface area contributed by atoms with Gasteiger partial charge in [-0.3, -0.25) is 0 Å². The fraction of sp³-hybridized carbons (Fsp3) is 0.600. The van der Waals surface area contributed by atoms with Crippen LogP contribution in [0.4, 0.5) is 0 Å². The van der Waals surface area contributed by atoms with Gasteiger partial charge < -0.3 is 10.2 Å². The van der Waals surface area contributed by atoms with Crippen molar-refractivity contribution in [1.82, 2.24) is 15.2 Å². The number of hydrogen-bond donors (Lipinski definition) is 1. The van der Waals surface area contributed by atoms with Crippen LogP contribution in [0.15, 0.2) is 18.3 Å². The van der Waals surface area contributed by atoms with Crippen LogP contribution >= 0.6 is 0 Å². The lowest BCUT2D eigenvalue weighted by atomic mass is 10.2. The van der Waals surface area contributed by atoms with Crippen molar-refractivity contribution in [2.75, 3.05) is 20.1 Å². The minimum absolute atomic E-state index is 0.527. The van der Waals surface area contributed by atoms with Gasteiger partial charge >= 0.3 is 0 Å². The van der Waals surface area contributed by atoms with Crippen LogP contribution in [0.1, 0.15) is 36.9 Å². The predicted molar refractivity (Wildman–Crippen MR) is 75.5 cm³/mol. The smallest absolute Gasteiger partial charge is 0.144 e. The third-order valence-corrected chi connectivity index (χ3v) is 3.90. The monoisotopic (exact) mass is 258 g/mol. The Labute approximate surface area is 115 Å². The highest BCUT2D eigenvalue weighted by Gasteiger charge is 2.18. The molecule has 19 heavy (non-hydrogen) atoms. The number of nitrogens with one attached hydrogen (secondary N) is 1. The van der Waals surface area contributed by atoms with Crippen LogP contribution in [0.25, 0.3) is 0 Å². The molecule has 1 fully saturated rings. The van der Waals surface area contributed by atoms with E-state index in [4.69, 9.17) is 5.26 Å². The van der Waals surface area contributed by atoms with Gasteiger partial charge in [-0.25, -0.2) is 4.98 Å². The zero-order chi connectivity index (χ0) is 13.5. The Hall–Kier alpha value is -1.44. The summed E-state index contributed by atoms with van der Waals surface area (Å²) >= 11 is 0. The van der Waals surface area contributed by atoms with Crippen LogP contribution in [0.5, 0.6) is 0 Å². The second kappa shape index (κ2) is 7.22. The maximum atomic E-state index is 8.96. The van der Waals surface area contributed by atoms with Crippen molar-refractivity contribution in [1.29, 1.82) is 5.26 Å². The Kier molecular flexibility index (Phi) is 5.31. The molecule has 0 unspecified atom stereocenters. The molecule has 1 aliphatic carbocycles. The van der Waals surface area contributed by atoms with Crippen molar-refractivity contribution in [2.45, 2.75) is 38.3 Å². The van der Waals surface area contributed by atoms with Crippen molar-refractivity contribution < 1.29 is 0 Å². The zero-order valence-electron chi connectivity index (χ0n) is 11.6. The van der Waals surface area contributed by atoms with Gasteiger partial charge in [-0.05, 0) is 26.0 Å². The molecule has 1 N–H and O–H groups in total. The minimum atomic E-state index is 0.527. The molecule has 0 aliphatic heterocycles. The molecule has 1 aromatic heterocycles. The lowest BCUT2D eigenvalue weighted by molar-refractivity contribution is 0.245. The minimum Gasteiger partial charge on any atom is -0.311 e. The van der Waals surface area contributed by atoms with Crippen LogP contribution in [0.2, 0.25) is 0 Å². The maximum absolute atomic E-state index is 8.96. The van der Waals surface area contributed by atoms with Crippen LogP contribution in [0.3, 0.4) is 0 Å². The molecule has 2 rings (SSSR count). The number of pyridine rings is 1. The van der Waals surface area contributed by atoms with E-state index >= 15 is 0 Å². The second-order valence-corrected chi connectivity index (χ2v) is 5.22. The van der Waals surface area contributed by atoms with Crippen molar-refractivity contribution in [3.63, 3.8) is 0 Å². The topological polar surface area (TPSA) is 52.0 Å². The Morgan fingerprint density at radius 2 is 2.26 bits per heavy atom. The molecule has 1 saturated carbocycles. The molecule has 0 saturated heterocycles. The highest BCUT2D eigenvalue weighted by molar-refractivity contribution is 5.30. The summed E-state index contributed by atoms with van der Waals surface area (Å²) in [7, 11) is 2.21. The van der Waals surface area contributed by atoms with Gasteiger partial charge in [-0.2, -0.15) is 5.26 Å². The molecular weight excluding hydrogens is 236 g/mol. The Morgan fingerprint density at radius 1 is 1.47 bits per heavy atom. The van der Waals surface area contributed by atoms with Gasteiger partial charge in [-0.1, -0.05) is 18.9 Å². The van der Waals surface area contributed by atoms with Gasteiger partial charge in [-0.15, -0.1) is 0 Å². The molecule has 4 nitrogen and oxygen atoms in total. The summed E-state index contributed by atoms with van der Waals surface area (Å²) in [6.07, 6.45) is 7.11. The zero-order valence-corrected chi connectivity index (χ0v) is 11.6. The molecule has 1 aliphatic rings. The fourth-order valence-corrected chi connectivity index (χ4v) is 2.69. The summed E-state index contributed by atoms with van der Waals surface area (Å²) in [4.78, 5) is 6.52. The summed E-state index contributed by atoms with van der Waals surface area (Å²) in [6, 6.07) is 6.74. The average Bonchev–Trinajstić information content (AvgIpc) is 2.98. The van der Waals surface area contributed by atoms with Crippen molar-refractivity contribution in [3.05, 3.63) is 29.6 Å². The first kappa shape index (κ1) is 14.0. The molecule has 1 heterocycles. The normalized spacial score (nSPS) is 15.8. The lowest BCUT2D eigenvalue weighted by Gasteiger charge is -2.24. The SMILES string of the molecule is CN(CCNCc1cccnc1C#N)C1CCCC1. The second-order valence-electron chi connectivity index (χ2n) is 5.22. The molecule has 102 valence electrons. The van der Waals surface area contributed by atoms with Crippen LogP contribution in [0, 0.1) is 11.3 Å². The quantitative estimate of drug-likeness (QED) is 0.792. The van der Waals surface area contributed by atoms with E-state index < -0.39 is 0 Å². The summed E-state index contributed by atoms with van der Waals surface area (Å²) < 4.78 is 0. The Bertz CT molecular complexity index is 432. The maximum Gasteiger partial charge on any atom is 0.144 e. The number of nitrogens with zero attached hydrogens (tertiary/aromatic N) is 3. The largest absolute Gasteiger partial charge is 0.311 e. The fourth-order valence-electron chi connectivity index (χ4n) is 2.69. The van der Waals surface area contributed by atoms with Crippen LogP contribution in [-0.4, -0.2) is 36.1 Å². The highest BCUT2D eigenvalue weighted by atomic mass is 15.1. The van der Waals surface area contributed by atoms with E-state index in [1.54, 1.807) is 6.20 Å². The number of nitriles is 1. The molecule has 0 atom stereocenters. The van der Waals surface area contributed by atoms with Gasteiger partial charge in [0.2, 0.25) is 0 Å². The van der Waals surface area contributed by atoms with E-state index in [0.717, 1.165) is 31.2 Å². The number of aromatic nitrogens is 1. The molecule has 0 radical (unpaired) electrons. The molecule has 0 spiro atoms. The number of hydrogen-bond acceptors (Lipinski definition) is 4. The summed E-state index contributed by atoms with van der Waals surface area (Å²) in [5.74, 6) is 0. The standard InChI is InChI=1S/C15H22N4/c1-19(14-6-2-3-7-14)10-9-17-12-13-5-4-8-18-15(13)11-16/h4-5,8,14,17H,2-3,6-7,9-10,12H2,1H3. The van der Waals surface area contributed by atoms with Crippen LogP contribution < -0.4 is 5.32 Å². The lowest BCUT2D eigenvalue weighted by Crippen LogP contribution is -2.35. The van der Waals surface area contributed by atoms with Crippen molar-refractivity contribution in [2.24, 2.45) is 0 Å². The van der Waals surface area contributed by atoms with E-state index in [1.165, 1.54) is 25.7 Å².